The van der Waals surface area contributed by atoms with Crippen molar-refractivity contribution < 1.29 is 9.90 Å². The molecule has 0 aliphatic heterocycles. The van der Waals surface area contributed by atoms with Gasteiger partial charge in [0.25, 0.3) is 5.91 Å². The van der Waals surface area contributed by atoms with E-state index in [0.717, 1.165) is 36.8 Å². The molecule has 5 nitrogen and oxygen atoms in total. The second-order valence-corrected chi connectivity index (χ2v) is 9.62. The van der Waals surface area contributed by atoms with Gasteiger partial charge in [-0.15, -0.1) is 0 Å². The number of nitrogens with zero attached hydrogens (tertiary/aromatic N) is 3. The van der Waals surface area contributed by atoms with Gasteiger partial charge in [0, 0.05) is 31.5 Å². The average Bonchev–Trinajstić information content (AvgIpc) is 3.29. The summed E-state index contributed by atoms with van der Waals surface area (Å²) >= 11 is 11.7. The molecular formula is C26H27Cl2N3O2. The summed E-state index contributed by atoms with van der Waals surface area (Å²) in [6.45, 7) is 0.472. The minimum atomic E-state index is -0.508. The molecule has 0 unspecified atom stereocenters. The van der Waals surface area contributed by atoms with Crippen LogP contribution in [-0.2, 0) is 13.0 Å². The number of aromatic nitrogens is 2. The van der Waals surface area contributed by atoms with Crippen LogP contribution in [0.3, 0.4) is 0 Å². The number of halogens is 2. The van der Waals surface area contributed by atoms with E-state index >= 15 is 0 Å². The van der Waals surface area contributed by atoms with E-state index in [1.807, 2.05) is 36.4 Å². The number of pyridine rings is 2. The van der Waals surface area contributed by atoms with E-state index in [2.05, 4.69) is 9.97 Å². The minimum Gasteiger partial charge on any atom is -0.388 e. The molecule has 4 rings (SSSR count). The van der Waals surface area contributed by atoms with Gasteiger partial charge in [-0.2, -0.15) is 0 Å². The zero-order valence-electron chi connectivity index (χ0n) is 18.5. The highest BCUT2D eigenvalue weighted by Crippen LogP contribution is 2.40. The maximum Gasteiger partial charge on any atom is 0.253 e. The molecule has 33 heavy (non-hydrogen) atoms. The second-order valence-electron chi connectivity index (χ2n) is 8.85. The lowest BCUT2D eigenvalue weighted by Crippen LogP contribution is -2.26. The molecule has 2 heterocycles. The molecule has 1 aromatic carbocycles. The molecule has 172 valence electrons. The predicted octanol–water partition coefficient (Wildman–Crippen LogP) is 5.75. The molecule has 1 aliphatic carbocycles. The van der Waals surface area contributed by atoms with Crippen molar-refractivity contribution in [1.29, 1.82) is 0 Å². The van der Waals surface area contributed by atoms with Crippen LogP contribution in [0.25, 0.3) is 0 Å². The molecule has 3 atom stereocenters. The van der Waals surface area contributed by atoms with Crippen molar-refractivity contribution in [3.63, 3.8) is 0 Å². The fraction of sp³-hybridized carbons (Fsp3) is 0.346. The maximum atomic E-state index is 12.8. The number of aliphatic hydroxyl groups is 1. The Bertz CT molecular complexity index is 1070. The monoisotopic (exact) mass is 483 g/mol. The maximum absolute atomic E-state index is 12.8. The van der Waals surface area contributed by atoms with Crippen molar-refractivity contribution in [1.82, 2.24) is 14.9 Å². The van der Waals surface area contributed by atoms with Gasteiger partial charge in [0.2, 0.25) is 0 Å². The summed E-state index contributed by atoms with van der Waals surface area (Å²) < 4.78 is 0. The first kappa shape index (κ1) is 23.7. The summed E-state index contributed by atoms with van der Waals surface area (Å²) in [7, 11) is 1.78. The number of hydrogen-bond donors (Lipinski definition) is 1. The van der Waals surface area contributed by atoms with E-state index < -0.39 is 6.10 Å². The Kier molecular flexibility index (Phi) is 7.63. The average molecular weight is 484 g/mol. The molecule has 0 spiro atoms. The van der Waals surface area contributed by atoms with Crippen molar-refractivity contribution >= 4 is 29.1 Å². The summed E-state index contributed by atoms with van der Waals surface area (Å²) in [6.07, 6.45) is 6.84. The Morgan fingerprint density at radius 3 is 2.30 bits per heavy atom. The fourth-order valence-electron chi connectivity index (χ4n) is 4.60. The quantitative estimate of drug-likeness (QED) is 0.434. The van der Waals surface area contributed by atoms with Crippen LogP contribution in [0.2, 0.25) is 10.3 Å². The van der Waals surface area contributed by atoms with E-state index in [1.165, 1.54) is 5.56 Å². The number of benzene rings is 1. The molecule has 1 N–H and O–H groups in total. The van der Waals surface area contributed by atoms with E-state index in [-0.39, 0.29) is 11.8 Å². The van der Waals surface area contributed by atoms with Gasteiger partial charge in [0.15, 0.2) is 0 Å². The zero-order valence-corrected chi connectivity index (χ0v) is 20.0. The molecular weight excluding hydrogens is 457 g/mol. The Hall–Kier alpha value is -2.47. The van der Waals surface area contributed by atoms with Crippen LogP contribution in [-0.4, -0.2) is 32.9 Å². The number of amides is 1. The molecule has 1 aliphatic rings. The van der Waals surface area contributed by atoms with Gasteiger partial charge >= 0.3 is 0 Å². The largest absolute Gasteiger partial charge is 0.388 e. The first-order chi connectivity index (χ1) is 15.9. The first-order valence-electron chi connectivity index (χ1n) is 11.1. The molecule has 2 aromatic heterocycles. The van der Waals surface area contributed by atoms with Crippen LogP contribution < -0.4 is 0 Å². The molecule has 1 saturated carbocycles. The van der Waals surface area contributed by atoms with Crippen LogP contribution in [0, 0.1) is 11.8 Å². The van der Waals surface area contributed by atoms with E-state index in [1.54, 1.807) is 36.5 Å². The van der Waals surface area contributed by atoms with Crippen LogP contribution >= 0.6 is 23.2 Å². The third-order valence-corrected chi connectivity index (χ3v) is 6.85. The number of rotatable bonds is 7. The summed E-state index contributed by atoms with van der Waals surface area (Å²) in [6, 6.07) is 15.0. The standard InChI is InChI=1S/C26H27Cl2N3O2/c1-31(16-19-5-10-23(27)29-14-19)26(33)20-6-2-17(3-7-20)12-18-4-8-21(13-18)25(32)22-9-11-24(28)30-15-22/h2-3,5-7,9-11,14-15,18,21,25,32H,4,8,12-13,16H2,1H3/t18-,21-,25-/m0/s1. The van der Waals surface area contributed by atoms with Crippen molar-refractivity contribution in [3.8, 4) is 0 Å². The van der Waals surface area contributed by atoms with Gasteiger partial charge in [-0.1, -0.05) is 47.5 Å². The van der Waals surface area contributed by atoms with Crippen LogP contribution in [0.15, 0.2) is 60.9 Å². The Morgan fingerprint density at radius 1 is 1.00 bits per heavy atom. The Balaban J connectivity index is 1.30. The van der Waals surface area contributed by atoms with Crippen molar-refractivity contribution in [2.45, 2.75) is 38.3 Å². The lowest BCUT2D eigenvalue weighted by Gasteiger charge is -2.19. The lowest BCUT2D eigenvalue weighted by molar-refractivity contribution is 0.0785. The van der Waals surface area contributed by atoms with Crippen molar-refractivity contribution in [3.05, 3.63) is 93.5 Å². The molecule has 3 aromatic rings. The molecule has 7 heteroatoms. The number of carbonyl (C=O) groups is 1. The van der Waals surface area contributed by atoms with Gasteiger partial charge in [-0.05, 0) is 78.5 Å². The summed E-state index contributed by atoms with van der Waals surface area (Å²) in [4.78, 5) is 22.6. The number of carbonyl (C=O) groups excluding carboxylic acids is 1. The molecule has 1 fully saturated rings. The smallest absolute Gasteiger partial charge is 0.253 e. The molecule has 1 amide bonds. The third-order valence-electron chi connectivity index (χ3n) is 6.40. The predicted molar refractivity (Wildman–Crippen MR) is 130 cm³/mol. The SMILES string of the molecule is CN(Cc1ccc(Cl)nc1)C(=O)c1ccc(C[C@@H]2CC[C@H]([C@H](O)c3ccc(Cl)nc3)C2)cc1. The van der Waals surface area contributed by atoms with Crippen LogP contribution in [0.1, 0.15) is 52.4 Å². The highest BCUT2D eigenvalue weighted by Gasteiger charge is 2.31. The molecule has 0 saturated heterocycles. The van der Waals surface area contributed by atoms with Crippen molar-refractivity contribution in [2.24, 2.45) is 11.8 Å². The molecule has 0 radical (unpaired) electrons. The Morgan fingerprint density at radius 2 is 1.67 bits per heavy atom. The minimum absolute atomic E-state index is 0.0304. The van der Waals surface area contributed by atoms with Crippen molar-refractivity contribution in [2.75, 3.05) is 7.05 Å². The Labute approximate surface area is 204 Å². The van der Waals surface area contributed by atoms with Crippen LogP contribution in [0.4, 0.5) is 0 Å². The van der Waals surface area contributed by atoms with Crippen LogP contribution in [0.5, 0.6) is 0 Å². The topological polar surface area (TPSA) is 66.3 Å². The zero-order chi connectivity index (χ0) is 23.4. The number of aliphatic hydroxyl groups excluding tert-OH is 1. The first-order valence-corrected chi connectivity index (χ1v) is 11.9. The van der Waals surface area contributed by atoms with Gasteiger partial charge in [-0.25, -0.2) is 9.97 Å². The van der Waals surface area contributed by atoms with E-state index in [0.29, 0.717) is 28.3 Å². The van der Waals surface area contributed by atoms with Gasteiger partial charge in [0.1, 0.15) is 10.3 Å². The second kappa shape index (κ2) is 10.6. The van der Waals surface area contributed by atoms with Gasteiger partial charge in [-0.3, -0.25) is 4.79 Å². The summed E-state index contributed by atoms with van der Waals surface area (Å²) in [5.74, 6) is 0.721. The fourth-order valence-corrected chi connectivity index (χ4v) is 4.83. The third kappa shape index (κ3) is 6.11. The highest BCUT2D eigenvalue weighted by molar-refractivity contribution is 6.29. The lowest BCUT2D eigenvalue weighted by atomic mass is 9.92. The van der Waals surface area contributed by atoms with Gasteiger partial charge < -0.3 is 10.0 Å². The van der Waals surface area contributed by atoms with E-state index in [9.17, 15) is 9.90 Å². The highest BCUT2D eigenvalue weighted by atomic mass is 35.5. The summed E-state index contributed by atoms with van der Waals surface area (Å²) in [5, 5.41) is 11.6. The van der Waals surface area contributed by atoms with Gasteiger partial charge in [0.05, 0.1) is 6.10 Å². The van der Waals surface area contributed by atoms with E-state index in [4.69, 9.17) is 23.2 Å². The molecule has 0 bridgehead atoms. The summed E-state index contributed by atoms with van der Waals surface area (Å²) in [5.41, 5.74) is 3.63. The number of hydrogen-bond acceptors (Lipinski definition) is 4. The normalized spacial score (nSPS) is 18.8.